The van der Waals surface area contributed by atoms with Gasteiger partial charge in [-0.2, -0.15) is 0 Å². The average molecular weight is 397 g/mol. The molecule has 0 aliphatic carbocycles. The van der Waals surface area contributed by atoms with E-state index >= 15 is 0 Å². The van der Waals surface area contributed by atoms with Gasteiger partial charge in [-0.15, -0.1) is 0 Å². The number of Topliss-reactive ketones (excluding diaryl/α,β-unsaturated/α-hetero) is 1. The molecule has 0 fully saturated rings. The molecule has 0 atom stereocenters. The molecule has 1 aliphatic rings. The van der Waals surface area contributed by atoms with Gasteiger partial charge in [0, 0.05) is 18.2 Å². The summed E-state index contributed by atoms with van der Waals surface area (Å²) in [7, 11) is 0. The largest absolute Gasteiger partial charge is 0.482 e. The first-order chi connectivity index (χ1) is 13.6. The summed E-state index contributed by atoms with van der Waals surface area (Å²) >= 11 is 0. The Kier molecular flexibility index (Phi) is 5.36. The number of ether oxygens (including phenoxy) is 3. The van der Waals surface area contributed by atoms with Crippen molar-refractivity contribution in [2.45, 2.75) is 26.4 Å². The predicted octanol–water partition coefficient (Wildman–Crippen LogP) is 3.93. The Hall–Kier alpha value is -3.68. The van der Waals surface area contributed by atoms with Crippen LogP contribution in [-0.2, 0) is 9.53 Å². The maximum atomic E-state index is 12.5. The van der Waals surface area contributed by atoms with Gasteiger partial charge in [-0.1, -0.05) is 0 Å². The van der Waals surface area contributed by atoms with Crippen molar-refractivity contribution < 1.29 is 28.7 Å². The third-order valence-electron chi connectivity index (χ3n) is 3.82. The van der Waals surface area contributed by atoms with E-state index < -0.39 is 16.5 Å². The first kappa shape index (κ1) is 20.1. The number of hydrogen-bond donors (Lipinski definition) is 0. The number of nitro groups is 1. The number of nitro benzene ring substituents is 1. The van der Waals surface area contributed by atoms with E-state index in [2.05, 4.69) is 0 Å². The number of non-ortho nitro benzene ring substituents is 1. The number of allylic oxidation sites excluding steroid dienone is 1. The van der Waals surface area contributed by atoms with Crippen LogP contribution in [0.15, 0.2) is 48.2 Å². The molecule has 1 heterocycles. The number of rotatable bonds is 5. The lowest BCUT2D eigenvalue weighted by molar-refractivity contribution is -0.384. The fourth-order valence-corrected chi connectivity index (χ4v) is 2.61. The zero-order valence-electron chi connectivity index (χ0n) is 16.1. The van der Waals surface area contributed by atoms with Crippen LogP contribution in [0.3, 0.4) is 0 Å². The summed E-state index contributed by atoms with van der Waals surface area (Å²) in [6.45, 7) is 5.02. The highest BCUT2D eigenvalue weighted by Gasteiger charge is 2.28. The molecule has 150 valence electrons. The van der Waals surface area contributed by atoms with Gasteiger partial charge in [0.15, 0.2) is 12.4 Å². The van der Waals surface area contributed by atoms with Gasteiger partial charge in [-0.25, -0.2) is 4.79 Å². The molecule has 0 saturated heterocycles. The fourth-order valence-electron chi connectivity index (χ4n) is 2.61. The molecule has 0 saturated carbocycles. The third kappa shape index (κ3) is 4.98. The van der Waals surface area contributed by atoms with Crippen LogP contribution in [-0.4, -0.2) is 28.9 Å². The summed E-state index contributed by atoms with van der Waals surface area (Å²) in [6.07, 6.45) is 1.51. The van der Waals surface area contributed by atoms with Crippen molar-refractivity contribution in [2.75, 3.05) is 6.61 Å². The number of esters is 1. The molecule has 1 aliphatic heterocycles. The van der Waals surface area contributed by atoms with Crippen molar-refractivity contribution in [1.29, 1.82) is 0 Å². The molecular formula is C21H19NO7. The Balaban J connectivity index is 1.70. The van der Waals surface area contributed by atoms with Gasteiger partial charge in [-0.3, -0.25) is 14.9 Å². The zero-order chi connectivity index (χ0) is 21.2. The number of carbonyl (C=O) groups is 2. The molecule has 29 heavy (non-hydrogen) atoms. The molecule has 8 nitrogen and oxygen atoms in total. The molecule has 2 aromatic rings. The minimum Gasteiger partial charge on any atom is -0.482 e. The molecule has 3 rings (SSSR count). The van der Waals surface area contributed by atoms with Crippen molar-refractivity contribution in [1.82, 2.24) is 0 Å². The maximum absolute atomic E-state index is 12.5. The molecule has 0 bridgehead atoms. The maximum Gasteiger partial charge on any atom is 0.344 e. The van der Waals surface area contributed by atoms with Crippen molar-refractivity contribution >= 4 is 23.5 Å². The van der Waals surface area contributed by atoms with E-state index in [1.54, 1.807) is 32.9 Å². The summed E-state index contributed by atoms with van der Waals surface area (Å²) in [5.41, 5.74) is 0.308. The van der Waals surface area contributed by atoms with Crippen LogP contribution < -0.4 is 9.47 Å². The smallest absolute Gasteiger partial charge is 0.344 e. The van der Waals surface area contributed by atoms with Crippen LogP contribution in [0.5, 0.6) is 11.5 Å². The number of fused-ring (bicyclic) bond motifs is 1. The molecule has 0 N–H and O–H groups in total. The summed E-state index contributed by atoms with van der Waals surface area (Å²) in [6, 6.07) is 10.4. The monoisotopic (exact) mass is 397 g/mol. The first-order valence-electron chi connectivity index (χ1n) is 8.80. The van der Waals surface area contributed by atoms with Crippen LogP contribution in [0.25, 0.3) is 6.08 Å². The summed E-state index contributed by atoms with van der Waals surface area (Å²) in [5, 5.41) is 10.7. The van der Waals surface area contributed by atoms with Crippen molar-refractivity contribution in [2.24, 2.45) is 0 Å². The average Bonchev–Trinajstić information content (AvgIpc) is 2.94. The highest BCUT2D eigenvalue weighted by atomic mass is 16.6. The van der Waals surface area contributed by atoms with E-state index in [-0.39, 0.29) is 23.8 Å². The molecule has 0 unspecified atom stereocenters. The molecule has 0 aromatic heterocycles. The second kappa shape index (κ2) is 7.75. The molecule has 8 heteroatoms. The lowest BCUT2D eigenvalue weighted by Gasteiger charge is -2.19. The summed E-state index contributed by atoms with van der Waals surface area (Å²) in [4.78, 5) is 34.5. The quantitative estimate of drug-likeness (QED) is 0.326. The SMILES string of the molecule is CC(C)(C)OC(=O)COc1ccc2c(c1)O/C(=C\c1ccc([N+](=O)[O-])cc1)C2=O. The van der Waals surface area contributed by atoms with Crippen LogP contribution in [0, 0.1) is 10.1 Å². The van der Waals surface area contributed by atoms with Gasteiger partial charge < -0.3 is 14.2 Å². The molecule has 0 radical (unpaired) electrons. The Morgan fingerprint density at radius 3 is 2.48 bits per heavy atom. The summed E-state index contributed by atoms with van der Waals surface area (Å²) < 4.78 is 16.2. The van der Waals surface area contributed by atoms with Crippen LogP contribution in [0.1, 0.15) is 36.7 Å². The molecule has 2 aromatic carbocycles. The van der Waals surface area contributed by atoms with Crippen LogP contribution in [0.4, 0.5) is 5.69 Å². The Morgan fingerprint density at radius 2 is 1.86 bits per heavy atom. The lowest BCUT2D eigenvalue weighted by atomic mass is 10.1. The third-order valence-corrected chi connectivity index (χ3v) is 3.82. The van der Waals surface area contributed by atoms with Crippen LogP contribution >= 0.6 is 0 Å². The fraction of sp³-hybridized carbons (Fsp3) is 0.238. The molecule has 0 spiro atoms. The topological polar surface area (TPSA) is 105 Å². The number of benzene rings is 2. The van der Waals surface area contributed by atoms with Gasteiger partial charge in [0.1, 0.15) is 17.1 Å². The van der Waals surface area contributed by atoms with Gasteiger partial charge in [0.05, 0.1) is 10.5 Å². The highest BCUT2D eigenvalue weighted by Crippen LogP contribution is 2.35. The van der Waals surface area contributed by atoms with E-state index in [9.17, 15) is 19.7 Å². The number of ketones is 1. The first-order valence-corrected chi connectivity index (χ1v) is 8.80. The van der Waals surface area contributed by atoms with Crippen LogP contribution in [0.2, 0.25) is 0 Å². The van der Waals surface area contributed by atoms with Gasteiger partial charge in [0.25, 0.3) is 5.69 Å². The van der Waals surface area contributed by atoms with Gasteiger partial charge in [-0.05, 0) is 56.7 Å². The highest BCUT2D eigenvalue weighted by molar-refractivity contribution is 6.14. The number of hydrogen-bond acceptors (Lipinski definition) is 7. The lowest BCUT2D eigenvalue weighted by Crippen LogP contribution is -2.27. The van der Waals surface area contributed by atoms with Gasteiger partial charge >= 0.3 is 5.97 Å². The van der Waals surface area contributed by atoms with E-state index in [0.717, 1.165) is 0 Å². The minimum absolute atomic E-state index is 0.0409. The zero-order valence-corrected chi connectivity index (χ0v) is 16.1. The van der Waals surface area contributed by atoms with E-state index in [4.69, 9.17) is 14.2 Å². The van der Waals surface area contributed by atoms with E-state index in [0.29, 0.717) is 22.6 Å². The second-order valence-electron chi connectivity index (χ2n) is 7.32. The number of nitrogens with zero attached hydrogens (tertiary/aromatic N) is 1. The molecule has 0 amide bonds. The predicted molar refractivity (Wildman–Crippen MR) is 104 cm³/mol. The van der Waals surface area contributed by atoms with E-state index in [1.807, 2.05) is 0 Å². The Bertz CT molecular complexity index is 1000. The second-order valence-corrected chi connectivity index (χ2v) is 7.32. The molecular weight excluding hydrogens is 378 g/mol. The Labute approximate surface area is 166 Å². The number of carbonyl (C=O) groups excluding carboxylic acids is 2. The normalized spacial score (nSPS) is 14.3. The van der Waals surface area contributed by atoms with Crippen molar-refractivity contribution in [3.63, 3.8) is 0 Å². The standard InChI is InChI=1S/C21H19NO7/c1-21(2,3)29-19(23)12-27-15-8-9-16-17(11-15)28-18(20(16)24)10-13-4-6-14(7-5-13)22(25)26/h4-11H,12H2,1-3H3/b18-10-. The van der Waals surface area contributed by atoms with Crippen molar-refractivity contribution in [3.05, 3.63) is 69.5 Å². The van der Waals surface area contributed by atoms with Gasteiger partial charge in [0.2, 0.25) is 5.78 Å². The summed E-state index contributed by atoms with van der Waals surface area (Å²) in [5.74, 6) is -0.0483. The Morgan fingerprint density at radius 1 is 1.17 bits per heavy atom. The van der Waals surface area contributed by atoms with Crippen molar-refractivity contribution in [3.8, 4) is 11.5 Å². The minimum atomic E-state index is -0.606. The van der Waals surface area contributed by atoms with E-state index in [1.165, 1.54) is 36.4 Å².